The van der Waals surface area contributed by atoms with Gasteiger partial charge in [-0.1, -0.05) is 20.8 Å². The average molecular weight is 358 g/mol. The molecule has 138 valence electrons. The molecule has 6 nitrogen and oxygen atoms in total. The summed E-state index contributed by atoms with van der Waals surface area (Å²) in [5, 5.41) is 9.56. The molecule has 2 aliphatic rings. The highest BCUT2D eigenvalue weighted by Crippen LogP contribution is 2.46. The molecule has 0 bridgehead atoms. The molecule has 0 aromatic rings. The quantitative estimate of drug-likeness (QED) is 0.618. The molecule has 0 aliphatic carbocycles. The zero-order valence-electron chi connectivity index (χ0n) is 16.0. The Bertz CT molecular complexity index is 540. The Kier molecular flexibility index (Phi) is 4.70. The van der Waals surface area contributed by atoms with E-state index in [0.29, 0.717) is 0 Å². The summed E-state index contributed by atoms with van der Waals surface area (Å²) in [6.07, 6.45) is -0.296. The van der Waals surface area contributed by atoms with Crippen LogP contribution in [0.2, 0.25) is 18.1 Å². The van der Waals surface area contributed by atoms with Gasteiger partial charge in [0.15, 0.2) is 8.32 Å². The highest BCUT2D eigenvalue weighted by Gasteiger charge is 2.63. The summed E-state index contributed by atoms with van der Waals surface area (Å²) in [5.41, 5.74) is -0.763. The summed E-state index contributed by atoms with van der Waals surface area (Å²) in [6.45, 7) is 16.4. The van der Waals surface area contributed by atoms with Crippen molar-refractivity contribution < 1.29 is 23.9 Å². The smallest absolute Gasteiger partial charge is 0.310 e. The van der Waals surface area contributed by atoms with Crippen molar-refractivity contribution >= 4 is 20.2 Å². The SMILES string of the molecule is C[C@@H](O[Si](C)(C)C(C)(C)C)[C@H]1C(=O)N2[C@@H]1[C@H](C(=O)O)COC2(C)C. The summed E-state index contributed by atoms with van der Waals surface area (Å²) in [6, 6.07) is -0.362. The van der Waals surface area contributed by atoms with Crippen LogP contribution in [-0.2, 0) is 18.8 Å². The van der Waals surface area contributed by atoms with Crippen molar-refractivity contribution in [2.75, 3.05) is 6.61 Å². The van der Waals surface area contributed by atoms with E-state index in [4.69, 9.17) is 9.16 Å². The molecule has 2 rings (SSSR count). The maximum absolute atomic E-state index is 12.7. The fourth-order valence-corrected chi connectivity index (χ4v) is 4.89. The van der Waals surface area contributed by atoms with Gasteiger partial charge in [0.1, 0.15) is 11.6 Å². The maximum atomic E-state index is 12.7. The molecule has 1 amide bonds. The summed E-state index contributed by atoms with van der Waals surface area (Å²) >= 11 is 0. The van der Waals surface area contributed by atoms with Crippen LogP contribution in [0.1, 0.15) is 41.5 Å². The van der Waals surface area contributed by atoms with Crippen molar-refractivity contribution in [1.82, 2.24) is 4.90 Å². The topological polar surface area (TPSA) is 76.1 Å². The number of carbonyl (C=O) groups is 2. The second-order valence-electron chi connectivity index (χ2n) is 9.01. The molecule has 0 saturated carbocycles. The van der Waals surface area contributed by atoms with E-state index in [-0.39, 0.29) is 29.7 Å². The van der Waals surface area contributed by atoms with Gasteiger partial charge in [-0.15, -0.1) is 0 Å². The summed E-state index contributed by atoms with van der Waals surface area (Å²) in [4.78, 5) is 26.0. The Morgan fingerprint density at radius 1 is 1.42 bits per heavy atom. The van der Waals surface area contributed by atoms with Gasteiger partial charge in [0, 0.05) is 0 Å². The van der Waals surface area contributed by atoms with Gasteiger partial charge in [-0.25, -0.2) is 0 Å². The molecule has 0 aromatic carbocycles. The third kappa shape index (κ3) is 3.02. The van der Waals surface area contributed by atoms with E-state index in [0.717, 1.165) is 0 Å². The molecule has 2 fully saturated rings. The van der Waals surface area contributed by atoms with Crippen LogP contribution in [0.25, 0.3) is 0 Å². The average Bonchev–Trinajstić information content (AvgIpc) is 2.33. The lowest BCUT2D eigenvalue weighted by atomic mass is 9.73. The highest BCUT2D eigenvalue weighted by molar-refractivity contribution is 6.74. The second-order valence-corrected chi connectivity index (χ2v) is 13.8. The number of carbonyl (C=O) groups excluding carboxylic acids is 1. The van der Waals surface area contributed by atoms with Crippen molar-refractivity contribution in [3.63, 3.8) is 0 Å². The van der Waals surface area contributed by atoms with Crippen LogP contribution >= 0.6 is 0 Å². The number of hydrogen-bond donors (Lipinski definition) is 1. The number of carboxylic acids is 1. The van der Waals surface area contributed by atoms with Crippen molar-refractivity contribution in [2.45, 2.75) is 77.5 Å². The molecule has 0 radical (unpaired) electrons. The molecule has 0 aromatic heterocycles. The maximum Gasteiger partial charge on any atom is 0.310 e. The predicted molar refractivity (Wildman–Crippen MR) is 93.0 cm³/mol. The molecule has 2 heterocycles. The first kappa shape index (κ1) is 19.4. The van der Waals surface area contributed by atoms with Gasteiger partial charge in [0.25, 0.3) is 0 Å². The number of fused-ring (bicyclic) bond motifs is 1. The standard InChI is InChI=1S/C17H31NO5Si/c1-10(23-24(7,8)16(2,3)4)12-13-11(15(20)21)9-22-17(5,6)18(13)14(12)19/h10-13H,9H2,1-8H3,(H,20,21)/t10-,11-,12-,13-/m1/s1. The van der Waals surface area contributed by atoms with Crippen LogP contribution in [0.5, 0.6) is 0 Å². The molecule has 0 spiro atoms. The van der Waals surface area contributed by atoms with Crippen molar-refractivity contribution in [1.29, 1.82) is 0 Å². The Balaban J connectivity index is 2.24. The van der Waals surface area contributed by atoms with Crippen molar-refractivity contribution in [3.05, 3.63) is 0 Å². The van der Waals surface area contributed by atoms with Gasteiger partial charge in [-0.2, -0.15) is 0 Å². The number of nitrogens with zero attached hydrogens (tertiary/aromatic N) is 1. The van der Waals surface area contributed by atoms with Gasteiger partial charge < -0.3 is 19.2 Å². The minimum atomic E-state index is -2.03. The first-order valence-electron chi connectivity index (χ1n) is 8.58. The van der Waals surface area contributed by atoms with E-state index in [1.807, 2.05) is 20.8 Å². The van der Waals surface area contributed by atoms with E-state index in [9.17, 15) is 14.7 Å². The van der Waals surface area contributed by atoms with Gasteiger partial charge in [-0.05, 0) is 38.9 Å². The van der Waals surface area contributed by atoms with Crippen LogP contribution in [-0.4, -0.2) is 54.7 Å². The van der Waals surface area contributed by atoms with E-state index in [1.54, 1.807) is 4.90 Å². The predicted octanol–water partition coefficient (Wildman–Crippen LogP) is 2.69. The van der Waals surface area contributed by atoms with E-state index in [1.165, 1.54) is 0 Å². The Morgan fingerprint density at radius 2 is 1.96 bits per heavy atom. The Morgan fingerprint density at radius 3 is 2.42 bits per heavy atom. The monoisotopic (exact) mass is 357 g/mol. The first-order valence-corrected chi connectivity index (χ1v) is 11.5. The zero-order chi connectivity index (χ0) is 18.7. The largest absolute Gasteiger partial charge is 0.481 e. The highest BCUT2D eigenvalue weighted by atomic mass is 28.4. The van der Waals surface area contributed by atoms with E-state index in [2.05, 4.69) is 33.9 Å². The lowest BCUT2D eigenvalue weighted by Crippen LogP contribution is -2.77. The number of β-lactam (4-membered cyclic amide) rings is 1. The minimum absolute atomic E-state index is 0.0366. The Labute approximate surface area is 145 Å². The summed E-state index contributed by atoms with van der Waals surface area (Å²) in [5.74, 6) is -2.10. The lowest BCUT2D eigenvalue weighted by molar-refractivity contribution is -0.255. The molecular weight excluding hydrogens is 326 g/mol. The summed E-state index contributed by atoms with van der Waals surface area (Å²) < 4.78 is 12.0. The molecular formula is C17H31NO5Si. The van der Waals surface area contributed by atoms with Gasteiger partial charge in [0.05, 0.1) is 24.7 Å². The number of rotatable bonds is 4. The van der Waals surface area contributed by atoms with Crippen LogP contribution in [0.4, 0.5) is 0 Å². The molecule has 7 heteroatoms. The normalized spacial score (nSPS) is 31.2. The van der Waals surface area contributed by atoms with Gasteiger partial charge in [0.2, 0.25) is 5.91 Å². The zero-order valence-corrected chi connectivity index (χ0v) is 17.0. The van der Waals surface area contributed by atoms with E-state index >= 15 is 0 Å². The number of carboxylic acid groups (broad SMARTS) is 1. The molecule has 2 saturated heterocycles. The molecule has 1 N–H and O–H groups in total. The molecule has 4 atom stereocenters. The molecule has 0 unspecified atom stereocenters. The number of aliphatic carboxylic acids is 1. The fraction of sp³-hybridized carbons (Fsp3) is 0.882. The van der Waals surface area contributed by atoms with Crippen LogP contribution < -0.4 is 0 Å². The van der Waals surface area contributed by atoms with E-state index < -0.39 is 31.8 Å². The number of ether oxygens (including phenoxy) is 1. The van der Waals surface area contributed by atoms with Crippen LogP contribution in [0, 0.1) is 11.8 Å². The summed E-state index contributed by atoms with van der Waals surface area (Å²) in [7, 11) is -2.03. The lowest BCUT2D eigenvalue weighted by Gasteiger charge is -2.61. The number of hydrogen-bond acceptors (Lipinski definition) is 4. The minimum Gasteiger partial charge on any atom is -0.481 e. The van der Waals surface area contributed by atoms with Crippen molar-refractivity contribution in [2.24, 2.45) is 11.8 Å². The molecule has 2 aliphatic heterocycles. The third-order valence-electron chi connectivity index (χ3n) is 5.91. The first-order chi connectivity index (χ1) is 10.7. The van der Waals surface area contributed by atoms with Crippen LogP contribution in [0.15, 0.2) is 0 Å². The van der Waals surface area contributed by atoms with Crippen LogP contribution in [0.3, 0.4) is 0 Å². The van der Waals surface area contributed by atoms with Gasteiger partial charge >= 0.3 is 5.97 Å². The second kappa shape index (κ2) is 5.81. The third-order valence-corrected chi connectivity index (χ3v) is 10.5. The number of amides is 1. The molecule has 24 heavy (non-hydrogen) atoms. The van der Waals surface area contributed by atoms with Crippen molar-refractivity contribution in [3.8, 4) is 0 Å². The Hall–Kier alpha value is -0.923. The fourth-order valence-electron chi connectivity index (χ4n) is 3.46. The van der Waals surface area contributed by atoms with Gasteiger partial charge in [-0.3, -0.25) is 9.59 Å².